The summed E-state index contributed by atoms with van der Waals surface area (Å²) in [5, 5.41) is 13.1. The summed E-state index contributed by atoms with van der Waals surface area (Å²) in [7, 11) is 1.55. The average Bonchev–Trinajstić information content (AvgIpc) is 2.55. The zero-order chi connectivity index (χ0) is 16.9. The molecule has 0 saturated heterocycles. The van der Waals surface area contributed by atoms with E-state index in [1.807, 2.05) is 12.1 Å². The summed E-state index contributed by atoms with van der Waals surface area (Å²) in [5.74, 6) is 1.16. The van der Waals surface area contributed by atoms with Crippen molar-refractivity contribution in [3.05, 3.63) is 23.8 Å². The van der Waals surface area contributed by atoms with Crippen molar-refractivity contribution in [3.8, 4) is 11.5 Å². The summed E-state index contributed by atoms with van der Waals surface area (Å²) in [6.45, 7) is 3.63. The molecule has 0 amide bonds. The van der Waals surface area contributed by atoms with E-state index in [2.05, 4.69) is 17.2 Å². The van der Waals surface area contributed by atoms with Gasteiger partial charge in [-0.1, -0.05) is 51.2 Å². The Balaban J connectivity index is 2.21. The van der Waals surface area contributed by atoms with Crippen LogP contribution in [0.1, 0.15) is 51.0 Å². The smallest absolute Gasteiger partial charge is 0.188 e. The molecule has 0 aromatic heterocycles. The number of nitrogens with one attached hydrogen (secondary N) is 1. The molecule has 4 N–H and O–H groups in total. The monoisotopic (exact) mass is 321 g/mol. The molecule has 0 aliphatic heterocycles. The summed E-state index contributed by atoms with van der Waals surface area (Å²) in [6.07, 6.45) is 8.17. The van der Waals surface area contributed by atoms with Gasteiger partial charge in [0.1, 0.15) is 0 Å². The first-order chi connectivity index (χ1) is 11.2. The molecule has 0 aliphatic carbocycles. The number of aromatic hydroxyl groups is 1. The number of rotatable bonds is 11. The van der Waals surface area contributed by atoms with E-state index in [4.69, 9.17) is 10.5 Å². The van der Waals surface area contributed by atoms with Crippen LogP contribution in [0.4, 0.5) is 0 Å². The fourth-order valence-electron chi connectivity index (χ4n) is 2.41. The van der Waals surface area contributed by atoms with E-state index in [1.165, 1.54) is 32.1 Å². The Kier molecular flexibility index (Phi) is 9.68. The number of methoxy groups -OCH3 is 1. The zero-order valence-electron chi connectivity index (χ0n) is 14.5. The van der Waals surface area contributed by atoms with Gasteiger partial charge >= 0.3 is 0 Å². The molecule has 23 heavy (non-hydrogen) atoms. The van der Waals surface area contributed by atoms with Crippen molar-refractivity contribution in [2.24, 2.45) is 10.7 Å². The Morgan fingerprint density at radius 1 is 1.22 bits per heavy atom. The van der Waals surface area contributed by atoms with Crippen LogP contribution in [0.5, 0.6) is 11.5 Å². The predicted octanol–water partition coefficient (Wildman–Crippen LogP) is 3.21. The van der Waals surface area contributed by atoms with Gasteiger partial charge in [0.2, 0.25) is 0 Å². The third kappa shape index (κ3) is 7.77. The minimum absolute atomic E-state index is 0.194. The highest BCUT2D eigenvalue weighted by Crippen LogP contribution is 2.29. The average molecular weight is 321 g/mol. The second-order valence-corrected chi connectivity index (χ2v) is 5.68. The Morgan fingerprint density at radius 2 is 1.96 bits per heavy atom. The normalized spacial score (nSPS) is 11.5. The minimum atomic E-state index is 0.194. The van der Waals surface area contributed by atoms with Crippen LogP contribution in [-0.4, -0.2) is 31.3 Å². The van der Waals surface area contributed by atoms with E-state index in [0.29, 0.717) is 24.7 Å². The van der Waals surface area contributed by atoms with Crippen LogP contribution in [0.25, 0.3) is 0 Å². The van der Waals surface area contributed by atoms with Crippen LogP contribution in [0.2, 0.25) is 0 Å². The molecule has 0 aliphatic rings. The fourth-order valence-corrected chi connectivity index (χ4v) is 2.41. The largest absolute Gasteiger partial charge is 0.504 e. The number of hydrogen-bond acceptors (Lipinski definition) is 3. The number of hydrogen-bond donors (Lipinski definition) is 3. The molecule has 0 spiro atoms. The Morgan fingerprint density at radius 3 is 2.70 bits per heavy atom. The van der Waals surface area contributed by atoms with E-state index in [9.17, 15) is 5.11 Å². The lowest BCUT2D eigenvalue weighted by atomic mass is 10.1. The topological polar surface area (TPSA) is 79.9 Å². The molecular formula is C18H31N3O2. The molecule has 0 fully saturated rings. The molecule has 0 radical (unpaired) electrons. The van der Waals surface area contributed by atoms with Crippen molar-refractivity contribution >= 4 is 5.96 Å². The molecular weight excluding hydrogens is 290 g/mol. The van der Waals surface area contributed by atoms with Crippen molar-refractivity contribution in [1.29, 1.82) is 0 Å². The van der Waals surface area contributed by atoms with Crippen molar-refractivity contribution in [2.45, 2.75) is 51.9 Å². The lowest BCUT2D eigenvalue weighted by Gasteiger charge is -2.09. The summed E-state index contributed by atoms with van der Waals surface area (Å²) >= 11 is 0. The van der Waals surface area contributed by atoms with Crippen LogP contribution >= 0.6 is 0 Å². The highest BCUT2D eigenvalue weighted by Gasteiger charge is 2.06. The van der Waals surface area contributed by atoms with Gasteiger partial charge in [0, 0.05) is 13.1 Å². The molecule has 5 nitrogen and oxygen atoms in total. The third-order valence-electron chi connectivity index (χ3n) is 3.80. The molecule has 1 rings (SSSR count). The maximum absolute atomic E-state index is 10.0. The second kappa shape index (κ2) is 11.6. The van der Waals surface area contributed by atoms with E-state index in [1.54, 1.807) is 13.2 Å². The number of guanidine groups is 1. The van der Waals surface area contributed by atoms with Gasteiger partial charge in [-0.25, -0.2) is 0 Å². The first-order valence-electron chi connectivity index (χ1n) is 8.57. The molecule has 0 unspecified atom stereocenters. The van der Waals surface area contributed by atoms with Gasteiger partial charge in [-0.15, -0.1) is 0 Å². The van der Waals surface area contributed by atoms with Crippen LogP contribution in [-0.2, 0) is 6.42 Å². The lowest BCUT2D eigenvalue weighted by Crippen LogP contribution is -2.33. The van der Waals surface area contributed by atoms with E-state index in [0.717, 1.165) is 18.5 Å². The van der Waals surface area contributed by atoms with Gasteiger partial charge in [0.05, 0.1) is 7.11 Å². The second-order valence-electron chi connectivity index (χ2n) is 5.68. The number of nitrogens with zero attached hydrogens (tertiary/aromatic N) is 1. The van der Waals surface area contributed by atoms with Crippen molar-refractivity contribution in [3.63, 3.8) is 0 Å². The minimum Gasteiger partial charge on any atom is -0.504 e. The quantitative estimate of drug-likeness (QED) is 0.332. The SMILES string of the molecule is CCCCCCCCN=C(N)NCCc1cccc(OC)c1O. The van der Waals surface area contributed by atoms with Crippen molar-refractivity contribution < 1.29 is 9.84 Å². The summed E-state index contributed by atoms with van der Waals surface area (Å²) in [6, 6.07) is 5.48. The summed E-state index contributed by atoms with van der Waals surface area (Å²) < 4.78 is 5.09. The molecule has 1 aromatic rings. The van der Waals surface area contributed by atoms with Gasteiger partial charge in [-0.2, -0.15) is 0 Å². The van der Waals surface area contributed by atoms with Crippen LogP contribution in [0.3, 0.4) is 0 Å². The van der Waals surface area contributed by atoms with Gasteiger partial charge < -0.3 is 20.9 Å². The van der Waals surface area contributed by atoms with E-state index >= 15 is 0 Å². The Labute approximate surface area is 140 Å². The fraction of sp³-hybridized carbons (Fsp3) is 0.611. The first kappa shape index (κ1) is 19.1. The molecule has 130 valence electrons. The number of ether oxygens (including phenoxy) is 1. The maximum atomic E-state index is 10.0. The van der Waals surface area contributed by atoms with Crippen LogP contribution in [0, 0.1) is 0 Å². The van der Waals surface area contributed by atoms with Gasteiger partial charge in [0.15, 0.2) is 17.5 Å². The molecule has 0 bridgehead atoms. The van der Waals surface area contributed by atoms with Crippen LogP contribution in [0.15, 0.2) is 23.2 Å². The molecule has 0 heterocycles. The Hall–Kier alpha value is -1.91. The van der Waals surface area contributed by atoms with Gasteiger partial charge in [-0.3, -0.25) is 4.99 Å². The number of phenolic OH excluding ortho intramolecular Hbond substituents is 1. The number of aliphatic imine (C=N–C) groups is 1. The van der Waals surface area contributed by atoms with E-state index < -0.39 is 0 Å². The lowest BCUT2D eigenvalue weighted by molar-refractivity contribution is 0.370. The maximum Gasteiger partial charge on any atom is 0.188 e. The zero-order valence-corrected chi connectivity index (χ0v) is 14.5. The van der Waals surface area contributed by atoms with Crippen molar-refractivity contribution in [2.75, 3.05) is 20.2 Å². The first-order valence-corrected chi connectivity index (χ1v) is 8.57. The Bertz CT molecular complexity index is 475. The molecule has 0 atom stereocenters. The number of unbranched alkanes of at least 4 members (excludes halogenated alkanes) is 5. The number of benzene rings is 1. The highest BCUT2D eigenvalue weighted by molar-refractivity contribution is 5.77. The van der Waals surface area contributed by atoms with Gasteiger partial charge in [-0.05, 0) is 24.5 Å². The molecule has 0 saturated carbocycles. The summed E-state index contributed by atoms with van der Waals surface area (Å²) in [4.78, 5) is 4.33. The number of phenols is 1. The van der Waals surface area contributed by atoms with Gasteiger partial charge in [0.25, 0.3) is 0 Å². The third-order valence-corrected chi connectivity index (χ3v) is 3.80. The molecule has 5 heteroatoms. The van der Waals surface area contributed by atoms with Crippen LogP contribution < -0.4 is 15.8 Å². The highest BCUT2D eigenvalue weighted by atomic mass is 16.5. The predicted molar refractivity (Wildman–Crippen MR) is 96.2 cm³/mol. The number of nitrogens with two attached hydrogens (primary N) is 1. The standard InChI is InChI=1S/C18H31N3O2/c1-3-4-5-6-7-8-13-20-18(19)21-14-12-15-10-9-11-16(23-2)17(15)22/h9-11,22H,3-8,12-14H2,1-2H3,(H3,19,20,21). The summed E-state index contributed by atoms with van der Waals surface area (Å²) in [5.41, 5.74) is 6.68. The van der Waals surface area contributed by atoms with E-state index in [-0.39, 0.29) is 5.75 Å². The number of para-hydroxylation sites is 1. The molecule has 1 aromatic carbocycles. The van der Waals surface area contributed by atoms with Crippen molar-refractivity contribution in [1.82, 2.24) is 5.32 Å².